The van der Waals surface area contributed by atoms with E-state index in [0.29, 0.717) is 12.2 Å². The molecule has 0 radical (unpaired) electrons. The molecule has 0 spiro atoms. The maximum Gasteiger partial charge on any atom is 0.361 e. The summed E-state index contributed by atoms with van der Waals surface area (Å²) in [6, 6.07) is 0. The van der Waals surface area contributed by atoms with Crippen molar-refractivity contribution in [3.63, 3.8) is 0 Å². The van der Waals surface area contributed by atoms with Crippen LogP contribution in [0, 0.1) is 0 Å². The Morgan fingerprint density at radius 2 is 2.50 bits per heavy atom. The Hall–Kier alpha value is -1.56. The first-order chi connectivity index (χ1) is 8.70. The molecule has 1 aliphatic heterocycles. The second kappa shape index (κ2) is 5.86. The Labute approximate surface area is 106 Å². The predicted octanol–water partition coefficient (Wildman–Crippen LogP) is 1.21. The summed E-state index contributed by atoms with van der Waals surface area (Å²) < 4.78 is 12.3. The van der Waals surface area contributed by atoms with Gasteiger partial charge in [-0.05, 0) is 26.2 Å². The van der Waals surface area contributed by atoms with Crippen molar-refractivity contribution in [1.82, 2.24) is 9.78 Å². The van der Waals surface area contributed by atoms with Crippen LogP contribution in [0.5, 0.6) is 0 Å². The molecule has 0 saturated carbocycles. The molecule has 0 bridgehead atoms. The lowest BCUT2D eigenvalue weighted by Crippen LogP contribution is -2.26. The Balaban J connectivity index is 1.88. The molecule has 1 fully saturated rings. The lowest BCUT2D eigenvalue weighted by Gasteiger charge is -2.21. The van der Waals surface area contributed by atoms with Crippen molar-refractivity contribution in [2.45, 2.75) is 38.8 Å². The van der Waals surface area contributed by atoms with Crippen LogP contribution in [-0.2, 0) is 16.0 Å². The van der Waals surface area contributed by atoms with E-state index < -0.39 is 5.97 Å². The molecule has 0 aromatic carbocycles. The van der Waals surface area contributed by atoms with E-state index in [4.69, 9.17) is 15.2 Å². The summed E-state index contributed by atoms with van der Waals surface area (Å²) >= 11 is 0. The van der Waals surface area contributed by atoms with Crippen LogP contribution in [-0.4, -0.2) is 35.1 Å². The molecular formula is C12H19N3O3. The molecule has 2 rings (SSSR count). The average molecular weight is 253 g/mol. The van der Waals surface area contributed by atoms with Crippen LogP contribution in [0.25, 0.3) is 0 Å². The fourth-order valence-electron chi connectivity index (χ4n) is 1.93. The van der Waals surface area contributed by atoms with Crippen LogP contribution >= 0.6 is 0 Å². The number of hydrogen-bond donors (Lipinski definition) is 1. The van der Waals surface area contributed by atoms with Crippen molar-refractivity contribution in [3.05, 3.63) is 11.9 Å². The third kappa shape index (κ3) is 3.01. The molecule has 1 saturated heterocycles. The minimum Gasteiger partial charge on any atom is -0.458 e. The standard InChI is InChI=1S/C12H19N3O3/c1-2-15-7-10(13)11(14-15)12(16)18-8-9-5-3-4-6-17-9/h7,9H,2-6,8,13H2,1H3. The van der Waals surface area contributed by atoms with Crippen LogP contribution in [0.3, 0.4) is 0 Å². The summed E-state index contributed by atoms with van der Waals surface area (Å²) in [4.78, 5) is 11.8. The van der Waals surface area contributed by atoms with E-state index in [1.807, 2.05) is 6.92 Å². The van der Waals surface area contributed by atoms with E-state index in [1.165, 1.54) is 0 Å². The van der Waals surface area contributed by atoms with E-state index in [-0.39, 0.29) is 18.4 Å². The molecule has 2 heterocycles. The summed E-state index contributed by atoms with van der Waals surface area (Å²) in [5.74, 6) is -0.478. The number of rotatable bonds is 4. The van der Waals surface area contributed by atoms with E-state index >= 15 is 0 Å². The van der Waals surface area contributed by atoms with Gasteiger partial charge < -0.3 is 15.2 Å². The van der Waals surface area contributed by atoms with Crippen molar-refractivity contribution < 1.29 is 14.3 Å². The number of nitrogens with two attached hydrogens (primary N) is 1. The Morgan fingerprint density at radius 3 is 3.11 bits per heavy atom. The quantitative estimate of drug-likeness (QED) is 0.816. The molecule has 1 atom stereocenters. The lowest BCUT2D eigenvalue weighted by atomic mass is 10.1. The van der Waals surface area contributed by atoms with Crippen molar-refractivity contribution >= 4 is 11.7 Å². The molecular weight excluding hydrogens is 234 g/mol. The van der Waals surface area contributed by atoms with Gasteiger partial charge in [0.2, 0.25) is 0 Å². The zero-order chi connectivity index (χ0) is 13.0. The average Bonchev–Trinajstić information content (AvgIpc) is 2.78. The molecule has 1 aromatic heterocycles. The number of carbonyl (C=O) groups is 1. The monoisotopic (exact) mass is 253 g/mol. The number of anilines is 1. The number of nitrogen functional groups attached to an aromatic ring is 1. The number of nitrogens with zero attached hydrogens (tertiary/aromatic N) is 2. The molecule has 100 valence electrons. The smallest absolute Gasteiger partial charge is 0.361 e. The van der Waals surface area contributed by atoms with Crippen LogP contribution in [0.1, 0.15) is 36.7 Å². The molecule has 2 N–H and O–H groups in total. The number of esters is 1. The highest BCUT2D eigenvalue weighted by Crippen LogP contribution is 2.15. The summed E-state index contributed by atoms with van der Waals surface area (Å²) in [6.45, 7) is 3.62. The van der Waals surface area contributed by atoms with Gasteiger partial charge in [-0.1, -0.05) is 0 Å². The number of carbonyl (C=O) groups excluding carboxylic acids is 1. The zero-order valence-corrected chi connectivity index (χ0v) is 10.6. The van der Waals surface area contributed by atoms with Crippen LogP contribution in [0.4, 0.5) is 5.69 Å². The summed E-state index contributed by atoms with van der Waals surface area (Å²) in [5, 5.41) is 4.07. The van der Waals surface area contributed by atoms with Crippen molar-refractivity contribution in [1.29, 1.82) is 0 Å². The van der Waals surface area contributed by atoms with Gasteiger partial charge in [0.05, 0.1) is 11.8 Å². The molecule has 0 aliphatic carbocycles. The van der Waals surface area contributed by atoms with E-state index in [9.17, 15) is 4.79 Å². The van der Waals surface area contributed by atoms with Crippen LogP contribution < -0.4 is 5.73 Å². The number of aryl methyl sites for hydroxylation is 1. The number of hydrogen-bond acceptors (Lipinski definition) is 5. The van der Waals surface area contributed by atoms with E-state index in [1.54, 1.807) is 10.9 Å². The minimum absolute atomic E-state index is 0.0113. The maximum atomic E-state index is 11.8. The Bertz CT molecular complexity index is 411. The van der Waals surface area contributed by atoms with Gasteiger partial charge in [-0.15, -0.1) is 0 Å². The van der Waals surface area contributed by atoms with Gasteiger partial charge >= 0.3 is 5.97 Å². The fourth-order valence-corrected chi connectivity index (χ4v) is 1.93. The molecule has 1 unspecified atom stereocenters. The zero-order valence-electron chi connectivity index (χ0n) is 10.6. The van der Waals surface area contributed by atoms with Crippen molar-refractivity contribution in [2.24, 2.45) is 0 Å². The summed E-state index contributed by atoms with van der Waals surface area (Å²) in [6.07, 6.45) is 4.78. The molecule has 18 heavy (non-hydrogen) atoms. The minimum atomic E-state index is -0.478. The van der Waals surface area contributed by atoms with Gasteiger partial charge in [0, 0.05) is 19.3 Å². The highest BCUT2D eigenvalue weighted by molar-refractivity contribution is 5.92. The molecule has 6 nitrogen and oxygen atoms in total. The van der Waals surface area contributed by atoms with Crippen LogP contribution in [0.2, 0.25) is 0 Å². The van der Waals surface area contributed by atoms with Gasteiger partial charge in [0.15, 0.2) is 5.69 Å². The van der Waals surface area contributed by atoms with Gasteiger partial charge in [0.1, 0.15) is 6.61 Å². The third-order valence-electron chi connectivity index (χ3n) is 2.98. The normalized spacial score (nSPS) is 19.7. The third-order valence-corrected chi connectivity index (χ3v) is 2.98. The highest BCUT2D eigenvalue weighted by atomic mass is 16.6. The second-order valence-corrected chi connectivity index (χ2v) is 4.38. The molecule has 1 aromatic rings. The van der Waals surface area contributed by atoms with Gasteiger partial charge in [0.25, 0.3) is 0 Å². The largest absolute Gasteiger partial charge is 0.458 e. The first-order valence-corrected chi connectivity index (χ1v) is 6.32. The first kappa shape index (κ1) is 12.9. The first-order valence-electron chi connectivity index (χ1n) is 6.32. The van der Waals surface area contributed by atoms with Crippen molar-refractivity contribution in [2.75, 3.05) is 18.9 Å². The number of aromatic nitrogens is 2. The van der Waals surface area contributed by atoms with Crippen molar-refractivity contribution in [3.8, 4) is 0 Å². The van der Waals surface area contributed by atoms with Gasteiger partial charge in [-0.3, -0.25) is 4.68 Å². The summed E-state index contributed by atoms with van der Waals surface area (Å²) in [5.41, 5.74) is 6.25. The Kier molecular flexibility index (Phi) is 4.19. The molecule has 1 aliphatic rings. The maximum absolute atomic E-state index is 11.8. The second-order valence-electron chi connectivity index (χ2n) is 4.38. The highest BCUT2D eigenvalue weighted by Gasteiger charge is 2.20. The predicted molar refractivity (Wildman–Crippen MR) is 66.2 cm³/mol. The van der Waals surface area contributed by atoms with Gasteiger partial charge in [-0.2, -0.15) is 5.10 Å². The number of ether oxygens (including phenoxy) is 2. The van der Waals surface area contributed by atoms with Crippen LogP contribution in [0.15, 0.2) is 6.20 Å². The molecule has 0 amide bonds. The SMILES string of the molecule is CCn1cc(N)c(C(=O)OCC2CCCCO2)n1. The lowest BCUT2D eigenvalue weighted by molar-refractivity contribution is -0.0302. The van der Waals surface area contributed by atoms with Gasteiger partial charge in [-0.25, -0.2) is 4.79 Å². The Morgan fingerprint density at radius 1 is 1.67 bits per heavy atom. The molecule has 6 heteroatoms. The van der Waals surface area contributed by atoms with E-state index in [0.717, 1.165) is 25.9 Å². The fraction of sp³-hybridized carbons (Fsp3) is 0.667. The van der Waals surface area contributed by atoms with E-state index in [2.05, 4.69) is 5.10 Å². The topological polar surface area (TPSA) is 79.4 Å². The summed E-state index contributed by atoms with van der Waals surface area (Å²) in [7, 11) is 0.